The Balaban J connectivity index is 4.00. The molecule has 0 rings (SSSR count). The topological polar surface area (TPSA) is 101 Å². The van der Waals surface area contributed by atoms with Gasteiger partial charge in [-0.25, -0.2) is 8.42 Å². The molecule has 7 heteroatoms. The molecule has 0 saturated carbocycles. The lowest BCUT2D eigenvalue weighted by Gasteiger charge is -2.06. The highest BCUT2D eigenvalue weighted by atomic mass is 32.2. The van der Waals surface area contributed by atoms with Crippen LogP contribution in [0.1, 0.15) is 20.3 Å². The third kappa shape index (κ3) is 8.22. The SMILES string of the molecule is CC(C)CCNC(=O)CS(=O)(=O)CC(=O)O. The molecule has 0 aromatic carbocycles. The van der Waals surface area contributed by atoms with E-state index in [0.717, 1.165) is 6.42 Å². The first-order chi connectivity index (χ1) is 7.23. The smallest absolute Gasteiger partial charge is 0.318 e. The Morgan fingerprint density at radius 2 is 1.81 bits per heavy atom. The monoisotopic (exact) mass is 251 g/mol. The molecule has 2 N–H and O–H groups in total. The molecule has 0 aliphatic carbocycles. The molecule has 0 aromatic rings. The summed E-state index contributed by atoms with van der Waals surface area (Å²) in [4.78, 5) is 21.3. The predicted molar refractivity (Wildman–Crippen MR) is 58.8 cm³/mol. The maximum absolute atomic E-state index is 11.1. The van der Waals surface area contributed by atoms with Gasteiger partial charge in [-0.1, -0.05) is 13.8 Å². The van der Waals surface area contributed by atoms with Crippen LogP contribution in [0.3, 0.4) is 0 Å². The Hall–Kier alpha value is -1.11. The van der Waals surface area contributed by atoms with Crippen LogP contribution in [0.4, 0.5) is 0 Å². The van der Waals surface area contributed by atoms with Crippen molar-refractivity contribution in [3.63, 3.8) is 0 Å². The summed E-state index contributed by atoms with van der Waals surface area (Å²) in [6, 6.07) is 0. The third-order valence-electron chi connectivity index (χ3n) is 1.74. The van der Waals surface area contributed by atoms with Gasteiger partial charge in [0.2, 0.25) is 5.91 Å². The van der Waals surface area contributed by atoms with Gasteiger partial charge in [0.1, 0.15) is 11.5 Å². The van der Waals surface area contributed by atoms with Gasteiger partial charge in [0.05, 0.1) is 0 Å². The first-order valence-corrected chi connectivity index (χ1v) is 6.74. The zero-order valence-corrected chi connectivity index (χ0v) is 10.2. The van der Waals surface area contributed by atoms with Crippen LogP contribution in [0.5, 0.6) is 0 Å². The number of nitrogens with one attached hydrogen (secondary N) is 1. The molecule has 0 atom stereocenters. The Morgan fingerprint density at radius 3 is 2.25 bits per heavy atom. The summed E-state index contributed by atoms with van der Waals surface area (Å²) in [6.45, 7) is 4.36. The van der Waals surface area contributed by atoms with Gasteiger partial charge in [-0.15, -0.1) is 0 Å². The van der Waals surface area contributed by atoms with Crippen molar-refractivity contribution in [2.75, 3.05) is 18.1 Å². The number of carbonyl (C=O) groups excluding carboxylic acids is 1. The summed E-state index contributed by atoms with van der Waals surface area (Å²) in [5.74, 6) is -3.46. The largest absolute Gasteiger partial charge is 0.480 e. The predicted octanol–water partition coefficient (Wildman–Crippen LogP) is -0.352. The van der Waals surface area contributed by atoms with E-state index < -0.39 is 33.2 Å². The average Bonchev–Trinajstić information content (AvgIpc) is 1.98. The number of carboxylic acids is 1. The Kier molecular flexibility index (Phi) is 6.02. The zero-order valence-electron chi connectivity index (χ0n) is 9.39. The van der Waals surface area contributed by atoms with Crippen molar-refractivity contribution in [2.45, 2.75) is 20.3 Å². The lowest BCUT2D eigenvalue weighted by atomic mass is 10.1. The van der Waals surface area contributed by atoms with Crippen molar-refractivity contribution in [2.24, 2.45) is 5.92 Å². The van der Waals surface area contributed by atoms with Crippen LogP contribution >= 0.6 is 0 Å². The molecule has 0 saturated heterocycles. The fraction of sp³-hybridized carbons (Fsp3) is 0.778. The van der Waals surface area contributed by atoms with E-state index in [9.17, 15) is 18.0 Å². The van der Waals surface area contributed by atoms with Crippen molar-refractivity contribution in [1.29, 1.82) is 0 Å². The van der Waals surface area contributed by atoms with E-state index in [2.05, 4.69) is 5.32 Å². The van der Waals surface area contributed by atoms with Gasteiger partial charge in [-0.3, -0.25) is 9.59 Å². The lowest BCUT2D eigenvalue weighted by molar-refractivity contribution is -0.134. The molecule has 0 unspecified atom stereocenters. The number of rotatable bonds is 7. The van der Waals surface area contributed by atoms with Crippen molar-refractivity contribution in [3.8, 4) is 0 Å². The van der Waals surface area contributed by atoms with E-state index in [4.69, 9.17) is 5.11 Å². The van der Waals surface area contributed by atoms with Crippen LogP contribution in [0.25, 0.3) is 0 Å². The molecule has 0 heterocycles. The van der Waals surface area contributed by atoms with E-state index in [-0.39, 0.29) is 0 Å². The zero-order chi connectivity index (χ0) is 12.8. The van der Waals surface area contributed by atoms with E-state index in [1.54, 1.807) is 0 Å². The summed E-state index contributed by atoms with van der Waals surface area (Å²) < 4.78 is 22.2. The summed E-state index contributed by atoms with van der Waals surface area (Å²) in [7, 11) is -3.84. The van der Waals surface area contributed by atoms with Crippen molar-refractivity contribution in [3.05, 3.63) is 0 Å². The van der Waals surface area contributed by atoms with Gasteiger partial charge in [-0.2, -0.15) is 0 Å². The minimum Gasteiger partial charge on any atom is -0.480 e. The van der Waals surface area contributed by atoms with Crippen LogP contribution < -0.4 is 5.32 Å². The van der Waals surface area contributed by atoms with E-state index >= 15 is 0 Å². The fourth-order valence-corrected chi connectivity index (χ4v) is 1.97. The van der Waals surface area contributed by atoms with Crippen LogP contribution in [0.15, 0.2) is 0 Å². The molecule has 0 aliphatic heterocycles. The number of hydrogen-bond acceptors (Lipinski definition) is 4. The highest BCUT2D eigenvalue weighted by Gasteiger charge is 2.19. The summed E-state index contributed by atoms with van der Waals surface area (Å²) >= 11 is 0. The maximum atomic E-state index is 11.1. The van der Waals surface area contributed by atoms with Crippen LogP contribution in [0.2, 0.25) is 0 Å². The van der Waals surface area contributed by atoms with E-state index in [1.165, 1.54) is 0 Å². The molecule has 1 amide bonds. The molecule has 0 spiro atoms. The van der Waals surface area contributed by atoms with Crippen molar-refractivity contribution in [1.82, 2.24) is 5.32 Å². The Morgan fingerprint density at radius 1 is 1.25 bits per heavy atom. The van der Waals surface area contributed by atoms with Crippen LogP contribution in [-0.2, 0) is 19.4 Å². The number of sulfone groups is 1. The summed E-state index contributed by atoms with van der Waals surface area (Å²) in [6.07, 6.45) is 0.755. The van der Waals surface area contributed by atoms with Gasteiger partial charge in [-0.05, 0) is 12.3 Å². The number of carbonyl (C=O) groups is 2. The highest BCUT2D eigenvalue weighted by molar-refractivity contribution is 7.92. The molecule has 0 fully saturated rings. The maximum Gasteiger partial charge on any atom is 0.318 e. The summed E-state index contributed by atoms with van der Waals surface area (Å²) in [5.41, 5.74) is 0. The lowest BCUT2D eigenvalue weighted by Crippen LogP contribution is -2.33. The van der Waals surface area contributed by atoms with Gasteiger partial charge in [0.15, 0.2) is 9.84 Å². The molecule has 94 valence electrons. The quantitative estimate of drug-likeness (QED) is 0.644. The second-order valence-corrected chi connectivity index (χ2v) is 6.02. The molecule has 0 radical (unpaired) electrons. The first-order valence-electron chi connectivity index (χ1n) is 4.92. The van der Waals surface area contributed by atoms with Crippen molar-refractivity contribution >= 4 is 21.7 Å². The third-order valence-corrected chi connectivity index (χ3v) is 3.13. The molecule has 0 aromatic heterocycles. The molecule has 0 bridgehead atoms. The van der Waals surface area contributed by atoms with Crippen molar-refractivity contribution < 1.29 is 23.1 Å². The minimum atomic E-state index is -3.84. The Bertz CT molecular complexity index is 347. The Labute approximate surface area is 95.0 Å². The number of carboxylic acid groups (broad SMARTS) is 1. The normalized spacial score (nSPS) is 11.4. The number of hydrogen-bond donors (Lipinski definition) is 2. The van der Waals surface area contributed by atoms with Crippen LogP contribution in [-0.4, -0.2) is 43.5 Å². The van der Waals surface area contributed by atoms with Gasteiger partial charge < -0.3 is 10.4 Å². The van der Waals surface area contributed by atoms with E-state index in [1.807, 2.05) is 13.8 Å². The highest BCUT2D eigenvalue weighted by Crippen LogP contribution is 1.96. The number of aliphatic carboxylic acids is 1. The average molecular weight is 251 g/mol. The molecule has 0 aliphatic rings. The molecular weight excluding hydrogens is 234 g/mol. The standard InChI is InChI=1S/C9H17NO5S/c1-7(2)3-4-10-8(11)5-16(14,15)6-9(12)13/h7H,3-6H2,1-2H3,(H,10,11)(H,12,13). The molecular formula is C9H17NO5S. The molecule has 6 nitrogen and oxygen atoms in total. The van der Waals surface area contributed by atoms with E-state index in [0.29, 0.717) is 12.5 Å². The minimum absolute atomic E-state index is 0.402. The first kappa shape index (κ1) is 14.9. The fourth-order valence-electron chi connectivity index (χ4n) is 0.990. The van der Waals surface area contributed by atoms with Gasteiger partial charge in [0, 0.05) is 6.54 Å². The van der Waals surface area contributed by atoms with Gasteiger partial charge in [0.25, 0.3) is 0 Å². The number of amides is 1. The summed E-state index contributed by atoms with van der Waals surface area (Å²) in [5, 5.41) is 10.7. The van der Waals surface area contributed by atoms with Gasteiger partial charge >= 0.3 is 5.97 Å². The van der Waals surface area contributed by atoms with Crippen LogP contribution in [0, 0.1) is 5.92 Å². The second-order valence-electron chi connectivity index (χ2n) is 3.96. The molecule has 16 heavy (non-hydrogen) atoms. The second kappa shape index (κ2) is 6.47.